The predicted octanol–water partition coefficient (Wildman–Crippen LogP) is 3.45. The Hall–Kier alpha value is -1.36. The van der Waals surface area contributed by atoms with Crippen molar-refractivity contribution < 1.29 is 18.0 Å². The van der Waals surface area contributed by atoms with Gasteiger partial charge in [-0.3, -0.25) is 9.69 Å². The first kappa shape index (κ1) is 15.7. The highest BCUT2D eigenvalue weighted by Gasteiger charge is 2.30. The van der Waals surface area contributed by atoms with Crippen LogP contribution in [0.3, 0.4) is 0 Å². The van der Waals surface area contributed by atoms with Crippen LogP contribution in [0, 0.1) is 6.92 Å². The number of alkyl halides is 3. The maximum Gasteiger partial charge on any atom is 0.401 e. The highest BCUT2D eigenvalue weighted by molar-refractivity contribution is 5.97. The summed E-state index contributed by atoms with van der Waals surface area (Å²) in [6.45, 7) is 2.92. The second-order valence-electron chi connectivity index (χ2n) is 4.47. The van der Waals surface area contributed by atoms with Gasteiger partial charge in [-0.05, 0) is 19.0 Å². The van der Waals surface area contributed by atoms with Crippen LogP contribution in [0.25, 0.3) is 0 Å². The highest BCUT2D eigenvalue weighted by Crippen LogP contribution is 2.17. The lowest BCUT2D eigenvalue weighted by atomic mass is 10.0. The molecule has 0 bridgehead atoms. The van der Waals surface area contributed by atoms with Crippen LogP contribution in [-0.2, 0) is 0 Å². The first-order valence-corrected chi connectivity index (χ1v) is 6.21. The van der Waals surface area contributed by atoms with Crippen molar-refractivity contribution >= 4 is 5.78 Å². The van der Waals surface area contributed by atoms with Crippen molar-refractivity contribution in [3.8, 4) is 0 Å². The van der Waals surface area contributed by atoms with Crippen molar-refractivity contribution in [1.29, 1.82) is 0 Å². The van der Waals surface area contributed by atoms with E-state index in [4.69, 9.17) is 0 Å². The SMILES string of the molecule is CCN(CCC(=O)c1ccccc1C)CC(F)(F)F. The molecule has 0 aliphatic rings. The van der Waals surface area contributed by atoms with E-state index in [2.05, 4.69) is 0 Å². The van der Waals surface area contributed by atoms with Gasteiger partial charge in [0.2, 0.25) is 0 Å². The molecule has 0 heterocycles. The Labute approximate surface area is 111 Å². The van der Waals surface area contributed by atoms with Crippen LogP contribution in [0.15, 0.2) is 24.3 Å². The van der Waals surface area contributed by atoms with E-state index in [1.54, 1.807) is 19.1 Å². The third-order valence-corrected chi connectivity index (χ3v) is 2.95. The van der Waals surface area contributed by atoms with Crippen LogP contribution in [0.2, 0.25) is 0 Å². The Balaban J connectivity index is 2.56. The van der Waals surface area contributed by atoms with Gasteiger partial charge in [-0.2, -0.15) is 13.2 Å². The molecule has 0 fully saturated rings. The molecule has 0 unspecified atom stereocenters. The van der Waals surface area contributed by atoms with Crippen molar-refractivity contribution in [1.82, 2.24) is 4.90 Å². The third kappa shape index (κ3) is 5.42. The summed E-state index contributed by atoms with van der Waals surface area (Å²) in [7, 11) is 0. The minimum Gasteiger partial charge on any atom is -0.295 e. The summed E-state index contributed by atoms with van der Waals surface area (Å²) in [6, 6.07) is 7.11. The zero-order valence-electron chi connectivity index (χ0n) is 11.1. The van der Waals surface area contributed by atoms with E-state index in [1.165, 1.54) is 4.90 Å². The van der Waals surface area contributed by atoms with Gasteiger partial charge in [-0.1, -0.05) is 31.2 Å². The molecule has 19 heavy (non-hydrogen) atoms. The summed E-state index contributed by atoms with van der Waals surface area (Å²) >= 11 is 0. The summed E-state index contributed by atoms with van der Waals surface area (Å²) < 4.78 is 36.8. The molecule has 0 saturated carbocycles. The molecule has 0 radical (unpaired) electrons. The number of nitrogens with zero attached hydrogens (tertiary/aromatic N) is 1. The molecule has 0 aromatic heterocycles. The Morgan fingerprint density at radius 2 is 1.89 bits per heavy atom. The fourth-order valence-corrected chi connectivity index (χ4v) is 1.88. The Bertz CT molecular complexity index is 429. The summed E-state index contributed by atoms with van der Waals surface area (Å²) in [5.41, 5.74) is 1.44. The van der Waals surface area contributed by atoms with Gasteiger partial charge in [0.25, 0.3) is 0 Å². The smallest absolute Gasteiger partial charge is 0.295 e. The van der Waals surface area contributed by atoms with Crippen LogP contribution in [-0.4, -0.2) is 36.5 Å². The quantitative estimate of drug-likeness (QED) is 0.740. The molecule has 5 heteroatoms. The normalized spacial score (nSPS) is 11.9. The molecule has 2 nitrogen and oxygen atoms in total. The number of Topliss-reactive ketones (excluding diaryl/α,β-unsaturated/α-hetero) is 1. The fourth-order valence-electron chi connectivity index (χ4n) is 1.88. The van der Waals surface area contributed by atoms with Crippen LogP contribution in [0.5, 0.6) is 0 Å². The van der Waals surface area contributed by atoms with E-state index in [1.807, 2.05) is 19.1 Å². The van der Waals surface area contributed by atoms with Gasteiger partial charge in [0, 0.05) is 18.5 Å². The van der Waals surface area contributed by atoms with Crippen molar-refractivity contribution in [2.45, 2.75) is 26.4 Å². The van der Waals surface area contributed by atoms with E-state index < -0.39 is 12.7 Å². The summed E-state index contributed by atoms with van der Waals surface area (Å²) in [4.78, 5) is 13.2. The van der Waals surface area contributed by atoms with E-state index in [-0.39, 0.29) is 25.3 Å². The number of benzene rings is 1. The summed E-state index contributed by atoms with van der Waals surface area (Å²) in [6.07, 6.45) is -4.11. The topological polar surface area (TPSA) is 20.3 Å². The number of carbonyl (C=O) groups is 1. The standard InChI is InChI=1S/C14H18F3NO/c1-3-18(10-14(15,16)17)9-8-13(19)12-7-5-4-6-11(12)2/h4-7H,3,8-10H2,1-2H3. The zero-order valence-corrected chi connectivity index (χ0v) is 11.1. The van der Waals surface area contributed by atoms with Crippen molar-refractivity contribution in [2.75, 3.05) is 19.6 Å². The average Bonchev–Trinajstić information content (AvgIpc) is 2.33. The molecule has 1 aromatic rings. The lowest BCUT2D eigenvalue weighted by molar-refractivity contribution is -0.145. The Kier molecular flexibility index (Phi) is 5.54. The van der Waals surface area contributed by atoms with E-state index in [9.17, 15) is 18.0 Å². The van der Waals surface area contributed by atoms with Crippen LogP contribution < -0.4 is 0 Å². The number of hydrogen-bond acceptors (Lipinski definition) is 2. The Morgan fingerprint density at radius 1 is 1.26 bits per heavy atom. The molecule has 0 aliphatic heterocycles. The molecule has 0 saturated heterocycles. The molecule has 0 amide bonds. The monoisotopic (exact) mass is 273 g/mol. The first-order chi connectivity index (χ1) is 8.83. The van der Waals surface area contributed by atoms with Gasteiger partial charge < -0.3 is 0 Å². The predicted molar refractivity (Wildman–Crippen MR) is 68.3 cm³/mol. The maximum atomic E-state index is 12.3. The largest absolute Gasteiger partial charge is 0.401 e. The van der Waals surface area contributed by atoms with Gasteiger partial charge in [-0.15, -0.1) is 0 Å². The van der Waals surface area contributed by atoms with E-state index in [0.29, 0.717) is 5.56 Å². The number of ketones is 1. The minimum absolute atomic E-state index is 0.106. The molecule has 1 rings (SSSR count). The highest BCUT2D eigenvalue weighted by atomic mass is 19.4. The van der Waals surface area contributed by atoms with Gasteiger partial charge in [0.05, 0.1) is 6.54 Å². The zero-order chi connectivity index (χ0) is 14.5. The lowest BCUT2D eigenvalue weighted by Crippen LogP contribution is -2.35. The maximum absolute atomic E-state index is 12.3. The van der Waals surface area contributed by atoms with Gasteiger partial charge >= 0.3 is 6.18 Å². The van der Waals surface area contributed by atoms with Gasteiger partial charge in [0.15, 0.2) is 5.78 Å². The van der Waals surface area contributed by atoms with Crippen LogP contribution >= 0.6 is 0 Å². The van der Waals surface area contributed by atoms with E-state index >= 15 is 0 Å². The van der Waals surface area contributed by atoms with Crippen molar-refractivity contribution in [3.05, 3.63) is 35.4 Å². The Morgan fingerprint density at radius 3 is 2.42 bits per heavy atom. The molecule has 106 valence electrons. The second-order valence-corrected chi connectivity index (χ2v) is 4.47. The number of halogens is 3. The van der Waals surface area contributed by atoms with Crippen LogP contribution in [0.4, 0.5) is 13.2 Å². The van der Waals surface area contributed by atoms with Gasteiger partial charge in [-0.25, -0.2) is 0 Å². The number of hydrogen-bond donors (Lipinski definition) is 0. The average molecular weight is 273 g/mol. The molecule has 1 aromatic carbocycles. The lowest BCUT2D eigenvalue weighted by Gasteiger charge is -2.21. The third-order valence-electron chi connectivity index (χ3n) is 2.95. The molecular weight excluding hydrogens is 255 g/mol. The summed E-state index contributed by atoms with van der Waals surface area (Å²) in [5.74, 6) is -0.112. The fraction of sp³-hybridized carbons (Fsp3) is 0.500. The minimum atomic E-state index is -4.22. The molecule has 0 spiro atoms. The van der Waals surface area contributed by atoms with Crippen LogP contribution in [0.1, 0.15) is 29.3 Å². The van der Waals surface area contributed by atoms with E-state index in [0.717, 1.165) is 5.56 Å². The number of aryl methyl sites for hydroxylation is 1. The second kappa shape index (κ2) is 6.70. The molecule has 0 atom stereocenters. The van der Waals surface area contributed by atoms with Crippen molar-refractivity contribution in [2.24, 2.45) is 0 Å². The number of rotatable bonds is 6. The van der Waals surface area contributed by atoms with Crippen molar-refractivity contribution in [3.63, 3.8) is 0 Å². The first-order valence-electron chi connectivity index (χ1n) is 6.21. The molecule has 0 N–H and O–H groups in total. The van der Waals surface area contributed by atoms with Gasteiger partial charge in [0.1, 0.15) is 0 Å². The molecular formula is C14H18F3NO. The molecule has 0 aliphatic carbocycles. The summed E-state index contributed by atoms with van der Waals surface area (Å²) in [5, 5.41) is 0. The number of carbonyl (C=O) groups excluding carboxylic acids is 1.